The summed E-state index contributed by atoms with van der Waals surface area (Å²) in [6.07, 6.45) is 1.01. The Labute approximate surface area is 172 Å². The number of carbonyl (C=O) groups is 1. The van der Waals surface area contributed by atoms with Crippen LogP contribution in [0.15, 0.2) is 48.5 Å². The SMILES string of the molecule is CCc1ccc(-c2cc(C(=O)N3CCN(c4cccc(C)c4C)CC3)[nH]n2)cc1. The first-order valence-corrected chi connectivity index (χ1v) is 10.3. The first-order chi connectivity index (χ1) is 14.1. The average molecular weight is 389 g/mol. The van der Waals surface area contributed by atoms with Crippen molar-refractivity contribution >= 4 is 11.6 Å². The van der Waals surface area contributed by atoms with Crippen LogP contribution in [-0.4, -0.2) is 47.2 Å². The number of piperazine rings is 1. The lowest BCUT2D eigenvalue weighted by atomic mass is 10.1. The molecular weight excluding hydrogens is 360 g/mol. The van der Waals surface area contributed by atoms with Crippen LogP contribution in [0.3, 0.4) is 0 Å². The van der Waals surface area contributed by atoms with E-state index in [4.69, 9.17) is 0 Å². The van der Waals surface area contributed by atoms with Crippen LogP contribution in [-0.2, 0) is 6.42 Å². The van der Waals surface area contributed by atoms with Gasteiger partial charge in [0, 0.05) is 37.4 Å². The average Bonchev–Trinajstić information content (AvgIpc) is 3.26. The van der Waals surface area contributed by atoms with Crippen molar-refractivity contribution in [3.05, 3.63) is 70.9 Å². The maximum Gasteiger partial charge on any atom is 0.272 e. The summed E-state index contributed by atoms with van der Waals surface area (Å²) >= 11 is 0. The van der Waals surface area contributed by atoms with E-state index in [0.29, 0.717) is 18.8 Å². The Hall–Kier alpha value is -3.08. The number of carbonyl (C=O) groups excluding carboxylic acids is 1. The molecule has 3 aromatic rings. The molecule has 29 heavy (non-hydrogen) atoms. The van der Waals surface area contributed by atoms with Crippen LogP contribution in [0.1, 0.15) is 34.1 Å². The van der Waals surface area contributed by atoms with Crippen LogP contribution >= 0.6 is 0 Å². The van der Waals surface area contributed by atoms with Gasteiger partial charge in [0.2, 0.25) is 0 Å². The number of H-pyrrole nitrogens is 1. The standard InChI is InChI=1S/C24H28N4O/c1-4-19-8-10-20(11-9-19)21-16-22(26-25-21)24(29)28-14-12-27(13-15-28)23-7-5-6-17(2)18(23)3/h5-11,16H,4,12-15H2,1-3H3,(H,25,26). The lowest BCUT2D eigenvalue weighted by Crippen LogP contribution is -2.49. The van der Waals surface area contributed by atoms with E-state index in [9.17, 15) is 4.79 Å². The summed E-state index contributed by atoms with van der Waals surface area (Å²) in [6, 6.07) is 16.6. The smallest absolute Gasteiger partial charge is 0.272 e. The monoisotopic (exact) mass is 388 g/mol. The number of aryl methyl sites for hydroxylation is 2. The Kier molecular flexibility index (Phi) is 5.38. The van der Waals surface area contributed by atoms with Crippen LogP contribution < -0.4 is 4.90 Å². The van der Waals surface area contributed by atoms with E-state index in [1.54, 1.807) is 0 Å². The number of hydrogen-bond donors (Lipinski definition) is 1. The van der Waals surface area contributed by atoms with Gasteiger partial charge >= 0.3 is 0 Å². The summed E-state index contributed by atoms with van der Waals surface area (Å²) in [7, 11) is 0. The van der Waals surface area contributed by atoms with Gasteiger partial charge in [-0.2, -0.15) is 5.10 Å². The second kappa shape index (κ2) is 8.11. The quantitative estimate of drug-likeness (QED) is 0.728. The number of aromatic nitrogens is 2. The third-order valence-electron chi connectivity index (χ3n) is 5.95. The topological polar surface area (TPSA) is 52.2 Å². The number of benzene rings is 2. The van der Waals surface area contributed by atoms with Crippen molar-refractivity contribution in [2.24, 2.45) is 0 Å². The first-order valence-electron chi connectivity index (χ1n) is 10.3. The van der Waals surface area contributed by atoms with E-state index < -0.39 is 0 Å². The van der Waals surface area contributed by atoms with Crippen molar-refractivity contribution in [3.63, 3.8) is 0 Å². The van der Waals surface area contributed by atoms with Crippen molar-refractivity contribution in [2.75, 3.05) is 31.1 Å². The third kappa shape index (κ3) is 3.90. The maximum atomic E-state index is 12.9. The normalized spacial score (nSPS) is 14.3. The van der Waals surface area contributed by atoms with Gasteiger partial charge in [-0.05, 0) is 49.1 Å². The van der Waals surface area contributed by atoms with Gasteiger partial charge in [0.25, 0.3) is 5.91 Å². The molecule has 1 amide bonds. The number of anilines is 1. The molecule has 0 aliphatic carbocycles. The molecule has 1 N–H and O–H groups in total. The molecule has 0 radical (unpaired) electrons. The van der Waals surface area contributed by atoms with Gasteiger partial charge in [-0.25, -0.2) is 0 Å². The van der Waals surface area contributed by atoms with Gasteiger partial charge in [0.15, 0.2) is 0 Å². The van der Waals surface area contributed by atoms with E-state index in [1.807, 2.05) is 11.0 Å². The zero-order valence-electron chi connectivity index (χ0n) is 17.4. The molecule has 5 nitrogen and oxygen atoms in total. The zero-order chi connectivity index (χ0) is 20.4. The molecule has 0 bridgehead atoms. The Morgan fingerprint density at radius 2 is 1.76 bits per heavy atom. The molecule has 2 aromatic carbocycles. The minimum absolute atomic E-state index is 0.0227. The van der Waals surface area contributed by atoms with Gasteiger partial charge in [-0.1, -0.05) is 43.3 Å². The number of rotatable bonds is 4. The van der Waals surface area contributed by atoms with Gasteiger partial charge in [-0.15, -0.1) is 0 Å². The summed E-state index contributed by atoms with van der Waals surface area (Å²) in [5, 5.41) is 7.29. The summed E-state index contributed by atoms with van der Waals surface area (Å²) < 4.78 is 0. The minimum atomic E-state index is 0.0227. The molecule has 1 aliphatic heterocycles. The fraction of sp³-hybridized carbons (Fsp3) is 0.333. The highest BCUT2D eigenvalue weighted by Crippen LogP contribution is 2.24. The molecule has 0 atom stereocenters. The van der Waals surface area contributed by atoms with Crippen LogP contribution in [0.2, 0.25) is 0 Å². The lowest BCUT2D eigenvalue weighted by molar-refractivity contribution is 0.0741. The summed E-state index contributed by atoms with van der Waals surface area (Å²) in [5.74, 6) is 0.0227. The van der Waals surface area contributed by atoms with E-state index in [0.717, 1.165) is 30.8 Å². The molecule has 1 aromatic heterocycles. The second-order valence-corrected chi connectivity index (χ2v) is 7.72. The summed E-state index contributed by atoms with van der Waals surface area (Å²) in [6.45, 7) is 9.56. The van der Waals surface area contributed by atoms with Gasteiger partial charge in [0.05, 0.1) is 5.69 Å². The second-order valence-electron chi connectivity index (χ2n) is 7.72. The number of amides is 1. The Morgan fingerprint density at radius 1 is 1.03 bits per heavy atom. The molecule has 2 heterocycles. The van der Waals surface area contributed by atoms with Gasteiger partial charge in [-0.3, -0.25) is 9.89 Å². The number of nitrogens with zero attached hydrogens (tertiary/aromatic N) is 3. The number of aromatic amines is 1. The Bertz CT molecular complexity index is 998. The number of hydrogen-bond acceptors (Lipinski definition) is 3. The fourth-order valence-electron chi connectivity index (χ4n) is 3.89. The van der Waals surface area contributed by atoms with Crippen LogP contribution in [0, 0.1) is 13.8 Å². The molecule has 4 rings (SSSR count). The Morgan fingerprint density at radius 3 is 2.45 bits per heavy atom. The highest BCUT2D eigenvalue weighted by atomic mass is 16.2. The van der Waals surface area contributed by atoms with Crippen molar-refractivity contribution in [1.29, 1.82) is 0 Å². The molecule has 0 saturated carbocycles. The largest absolute Gasteiger partial charge is 0.368 e. The predicted molar refractivity (Wildman–Crippen MR) is 117 cm³/mol. The lowest BCUT2D eigenvalue weighted by Gasteiger charge is -2.36. The molecule has 0 spiro atoms. The Balaban J connectivity index is 1.42. The molecule has 5 heteroatoms. The van der Waals surface area contributed by atoms with Gasteiger partial charge in [0.1, 0.15) is 5.69 Å². The van der Waals surface area contributed by atoms with Crippen molar-refractivity contribution < 1.29 is 4.79 Å². The van der Waals surface area contributed by atoms with Gasteiger partial charge < -0.3 is 9.80 Å². The van der Waals surface area contributed by atoms with Crippen LogP contribution in [0.4, 0.5) is 5.69 Å². The predicted octanol–water partition coefficient (Wildman–Crippen LogP) is 4.22. The zero-order valence-corrected chi connectivity index (χ0v) is 17.4. The fourth-order valence-corrected chi connectivity index (χ4v) is 3.89. The molecule has 1 saturated heterocycles. The van der Waals surface area contributed by atoms with Crippen LogP contribution in [0.5, 0.6) is 0 Å². The number of nitrogens with one attached hydrogen (secondary N) is 1. The first kappa shape index (κ1) is 19.2. The molecule has 0 unspecified atom stereocenters. The van der Waals surface area contributed by atoms with Crippen molar-refractivity contribution in [1.82, 2.24) is 15.1 Å². The van der Waals surface area contributed by atoms with E-state index in [2.05, 4.69) is 78.3 Å². The summed E-state index contributed by atoms with van der Waals surface area (Å²) in [4.78, 5) is 17.2. The van der Waals surface area contributed by atoms with Crippen LogP contribution in [0.25, 0.3) is 11.3 Å². The summed E-state index contributed by atoms with van der Waals surface area (Å²) in [5.41, 5.74) is 7.58. The van der Waals surface area contributed by atoms with E-state index >= 15 is 0 Å². The van der Waals surface area contributed by atoms with Crippen molar-refractivity contribution in [3.8, 4) is 11.3 Å². The minimum Gasteiger partial charge on any atom is -0.368 e. The molecular formula is C24H28N4O. The molecule has 1 aliphatic rings. The van der Waals surface area contributed by atoms with E-state index in [-0.39, 0.29) is 5.91 Å². The maximum absolute atomic E-state index is 12.9. The third-order valence-corrected chi connectivity index (χ3v) is 5.95. The highest BCUT2D eigenvalue weighted by molar-refractivity contribution is 5.93. The van der Waals surface area contributed by atoms with E-state index in [1.165, 1.54) is 22.4 Å². The highest BCUT2D eigenvalue weighted by Gasteiger charge is 2.24. The van der Waals surface area contributed by atoms with Crippen molar-refractivity contribution in [2.45, 2.75) is 27.2 Å². The molecule has 150 valence electrons. The molecule has 1 fully saturated rings.